The minimum atomic E-state index is -0.697. The monoisotopic (exact) mass is 422 g/mol. The molecule has 7 nitrogen and oxygen atoms in total. The first-order chi connectivity index (χ1) is 14.8. The highest BCUT2D eigenvalue weighted by Crippen LogP contribution is 2.49. The number of methoxy groups -OCH3 is 1. The Morgan fingerprint density at radius 3 is 2.74 bits per heavy atom. The van der Waals surface area contributed by atoms with Gasteiger partial charge in [-0.25, -0.2) is 0 Å². The van der Waals surface area contributed by atoms with Gasteiger partial charge in [-0.2, -0.15) is 14.6 Å². The number of carbonyl (C=O) groups excluding carboxylic acids is 1. The minimum absolute atomic E-state index is 0.125. The molecule has 0 saturated heterocycles. The molecule has 1 unspecified atom stereocenters. The van der Waals surface area contributed by atoms with Crippen LogP contribution in [0.2, 0.25) is 0 Å². The number of allylic oxidation sites excluding steroid dienone is 1. The lowest BCUT2D eigenvalue weighted by molar-refractivity contribution is -0.114. The maximum Gasteiger partial charge on any atom is 0.247 e. The van der Waals surface area contributed by atoms with E-state index < -0.39 is 17.8 Å². The number of nitrogens with zero attached hydrogens (tertiary/aromatic N) is 2. The molecular formula is C23H23FN4O3. The SMILES string of the molecule is COc1cc(C#N)ccc1C1C(C(N)=O)=C(C)Nc2c(C)c(F)nc(OCC3CC3)c21. The third-order valence-corrected chi connectivity index (χ3v) is 5.77. The van der Waals surface area contributed by atoms with Crippen molar-refractivity contribution < 1.29 is 18.7 Å². The maximum absolute atomic E-state index is 14.7. The lowest BCUT2D eigenvalue weighted by Gasteiger charge is -2.32. The predicted molar refractivity (Wildman–Crippen MR) is 112 cm³/mol. The molecule has 1 fully saturated rings. The number of pyridine rings is 1. The number of benzene rings is 1. The number of primary amides is 1. The van der Waals surface area contributed by atoms with Crippen LogP contribution >= 0.6 is 0 Å². The number of fused-ring (bicyclic) bond motifs is 1. The molecule has 160 valence electrons. The summed E-state index contributed by atoms with van der Waals surface area (Å²) < 4.78 is 26.1. The van der Waals surface area contributed by atoms with Crippen LogP contribution in [0.1, 0.15) is 47.9 Å². The highest BCUT2D eigenvalue weighted by Gasteiger charge is 2.38. The number of anilines is 1. The summed E-state index contributed by atoms with van der Waals surface area (Å²) in [6.07, 6.45) is 2.13. The van der Waals surface area contributed by atoms with Crippen LogP contribution in [-0.4, -0.2) is 24.6 Å². The van der Waals surface area contributed by atoms with Crippen LogP contribution in [0.3, 0.4) is 0 Å². The van der Waals surface area contributed by atoms with Gasteiger partial charge in [0.1, 0.15) is 5.75 Å². The quantitative estimate of drug-likeness (QED) is 0.690. The molecule has 4 rings (SSSR count). The molecule has 1 aromatic heterocycles. The number of hydrogen-bond acceptors (Lipinski definition) is 6. The predicted octanol–water partition coefficient (Wildman–Crippen LogP) is 3.51. The Bertz CT molecular complexity index is 1150. The molecule has 2 aromatic rings. The fourth-order valence-corrected chi connectivity index (χ4v) is 3.94. The number of ether oxygens (including phenoxy) is 2. The number of nitrogens with one attached hydrogen (secondary N) is 1. The summed E-state index contributed by atoms with van der Waals surface area (Å²) in [5, 5.41) is 12.4. The van der Waals surface area contributed by atoms with Crippen LogP contribution in [0.5, 0.6) is 11.6 Å². The van der Waals surface area contributed by atoms with Gasteiger partial charge in [-0.1, -0.05) is 6.07 Å². The van der Waals surface area contributed by atoms with Crippen molar-refractivity contribution in [3.05, 3.63) is 57.7 Å². The van der Waals surface area contributed by atoms with Crippen molar-refractivity contribution in [1.82, 2.24) is 4.98 Å². The van der Waals surface area contributed by atoms with Gasteiger partial charge in [0.05, 0.1) is 42.5 Å². The molecule has 0 spiro atoms. The number of nitriles is 1. The summed E-state index contributed by atoms with van der Waals surface area (Å²) in [7, 11) is 1.49. The first-order valence-corrected chi connectivity index (χ1v) is 10.0. The second kappa shape index (κ2) is 7.91. The summed E-state index contributed by atoms with van der Waals surface area (Å²) in [5.74, 6) is -0.995. The van der Waals surface area contributed by atoms with E-state index in [0.717, 1.165) is 12.8 Å². The number of aromatic nitrogens is 1. The average molecular weight is 422 g/mol. The van der Waals surface area contributed by atoms with Crippen LogP contribution in [0.25, 0.3) is 0 Å². The van der Waals surface area contributed by atoms with Gasteiger partial charge in [0.15, 0.2) is 0 Å². The summed E-state index contributed by atoms with van der Waals surface area (Å²) >= 11 is 0. The zero-order chi connectivity index (χ0) is 22.3. The van der Waals surface area contributed by atoms with Gasteiger partial charge in [-0.15, -0.1) is 0 Å². The molecule has 2 heterocycles. The molecule has 1 aliphatic carbocycles. The van der Waals surface area contributed by atoms with E-state index in [1.54, 1.807) is 32.0 Å². The lowest BCUT2D eigenvalue weighted by atomic mass is 9.79. The molecule has 0 bridgehead atoms. The standard InChI is InChI=1S/C23H23FN4O3/c1-11-20-19(23(28-21(11)24)31-10-13-4-5-13)18(17(22(26)29)12(2)27-20)15-7-6-14(9-25)8-16(15)30-3/h6-8,13,18,27H,4-5,10H2,1-3H3,(H2,26,29). The molecule has 0 radical (unpaired) electrons. The third-order valence-electron chi connectivity index (χ3n) is 5.77. The van der Waals surface area contributed by atoms with E-state index in [0.29, 0.717) is 57.5 Å². The molecule has 8 heteroatoms. The number of rotatable bonds is 6. The van der Waals surface area contributed by atoms with Gasteiger partial charge < -0.3 is 20.5 Å². The van der Waals surface area contributed by atoms with E-state index in [1.807, 2.05) is 0 Å². The zero-order valence-electron chi connectivity index (χ0n) is 17.6. The van der Waals surface area contributed by atoms with E-state index in [1.165, 1.54) is 7.11 Å². The zero-order valence-corrected chi connectivity index (χ0v) is 17.6. The van der Waals surface area contributed by atoms with E-state index in [4.69, 9.17) is 15.2 Å². The number of nitrogens with two attached hydrogens (primary N) is 1. The van der Waals surface area contributed by atoms with Crippen LogP contribution < -0.4 is 20.5 Å². The normalized spacial score (nSPS) is 17.5. The molecular weight excluding hydrogens is 399 g/mol. The largest absolute Gasteiger partial charge is 0.496 e. The molecule has 1 amide bonds. The van der Waals surface area contributed by atoms with Gasteiger partial charge in [0.25, 0.3) is 0 Å². The van der Waals surface area contributed by atoms with Crippen molar-refractivity contribution in [2.75, 3.05) is 19.0 Å². The van der Waals surface area contributed by atoms with E-state index >= 15 is 0 Å². The van der Waals surface area contributed by atoms with Gasteiger partial charge in [0, 0.05) is 22.4 Å². The van der Waals surface area contributed by atoms with Gasteiger partial charge in [-0.3, -0.25) is 4.79 Å². The Balaban J connectivity index is 1.98. The topological polar surface area (TPSA) is 110 Å². The van der Waals surface area contributed by atoms with Crippen molar-refractivity contribution >= 4 is 11.6 Å². The summed E-state index contributed by atoms with van der Waals surface area (Å²) in [6, 6.07) is 7.04. The maximum atomic E-state index is 14.7. The van der Waals surface area contributed by atoms with Gasteiger partial charge in [0.2, 0.25) is 17.7 Å². The van der Waals surface area contributed by atoms with E-state index in [2.05, 4.69) is 16.4 Å². The summed E-state index contributed by atoms with van der Waals surface area (Å²) in [5.41, 5.74) is 8.96. The van der Waals surface area contributed by atoms with Crippen molar-refractivity contribution in [1.29, 1.82) is 5.26 Å². The van der Waals surface area contributed by atoms with Crippen molar-refractivity contribution in [3.63, 3.8) is 0 Å². The van der Waals surface area contributed by atoms with Crippen LogP contribution in [-0.2, 0) is 4.79 Å². The van der Waals surface area contributed by atoms with Crippen molar-refractivity contribution in [3.8, 4) is 17.7 Å². The second-order valence-electron chi connectivity index (χ2n) is 7.91. The van der Waals surface area contributed by atoms with Gasteiger partial charge >= 0.3 is 0 Å². The molecule has 1 saturated carbocycles. The minimum Gasteiger partial charge on any atom is -0.496 e. The Kier molecular flexibility index (Phi) is 5.27. The molecule has 3 N–H and O–H groups in total. The Labute approximate surface area is 179 Å². The molecule has 1 atom stereocenters. The molecule has 1 aromatic carbocycles. The smallest absolute Gasteiger partial charge is 0.247 e. The molecule has 1 aliphatic heterocycles. The fourth-order valence-electron chi connectivity index (χ4n) is 3.94. The van der Waals surface area contributed by atoms with Crippen LogP contribution in [0.4, 0.5) is 10.1 Å². The fraction of sp³-hybridized carbons (Fsp3) is 0.348. The van der Waals surface area contributed by atoms with Gasteiger partial charge in [-0.05, 0) is 44.7 Å². The molecule has 2 aliphatic rings. The van der Waals surface area contributed by atoms with E-state index in [9.17, 15) is 14.4 Å². The Morgan fingerprint density at radius 2 is 2.13 bits per heavy atom. The van der Waals surface area contributed by atoms with Crippen molar-refractivity contribution in [2.24, 2.45) is 11.7 Å². The molecule has 31 heavy (non-hydrogen) atoms. The third kappa shape index (κ3) is 3.67. The number of carbonyl (C=O) groups is 1. The average Bonchev–Trinajstić information content (AvgIpc) is 3.58. The highest BCUT2D eigenvalue weighted by atomic mass is 19.1. The number of amides is 1. The summed E-state index contributed by atoms with van der Waals surface area (Å²) in [4.78, 5) is 16.6. The van der Waals surface area contributed by atoms with Crippen molar-refractivity contribution in [2.45, 2.75) is 32.6 Å². The number of hydrogen-bond donors (Lipinski definition) is 2. The number of halogens is 1. The second-order valence-corrected chi connectivity index (χ2v) is 7.91. The van der Waals surface area contributed by atoms with E-state index in [-0.39, 0.29) is 5.88 Å². The van der Waals surface area contributed by atoms with Crippen LogP contribution in [0.15, 0.2) is 29.5 Å². The Morgan fingerprint density at radius 1 is 1.39 bits per heavy atom. The first kappa shape index (κ1) is 20.7. The first-order valence-electron chi connectivity index (χ1n) is 10.0. The highest BCUT2D eigenvalue weighted by molar-refractivity contribution is 5.98. The lowest BCUT2D eigenvalue weighted by Crippen LogP contribution is -2.29. The Hall–Kier alpha value is -3.60. The van der Waals surface area contributed by atoms with Crippen LogP contribution in [0, 0.1) is 30.1 Å². The summed E-state index contributed by atoms with van der Waals surface area (Å²) in [6.45, 7) is 3.76.